The maximum Gasteiger partial charge on any atom is 0.331 e. The summed E-state index contributed by atoms with van der Waals surface area (Å²) in [5.74, 6) is 1.02. The van der Waals surface area contributed by atoms with E-state index in [1.807, 2.05) is 50.2 Å². The molecule has 3 heterocycles. The van der Waals surface area contributed by atoms with Crippen LogP contribution in [0.25, 0.3) is 0 Å². The number of benzene rings is 3. The molecule has 3 amide bonds. The summed E-state index contributed by atoms with van der Waals surface area (Å²) in [7, 11) is 1.51. The van der Waals surface area contributed by atoms with Crippen LogP contribution in [-0.4, -0.2) is 42.4 Å². The number of nitrogens with zero attached hydrogens (tertiary/aromatic N) is 3. The molecule has 1 N–H and O–H groups in total. The topological polar surface area (TPSA) is 83.5 Å². The molecule has 0 saturated carbocycles. The van der Waals surface area contributed by atoms with Gasteiger partial charge >= 0.3 is 6.03 Å². The third-order valence-corrected chi connectivity index (χ3v) is 7.41. The highest BCUT2D eigenvalue weighted by atomic mass is 35.5. The van der Waals surface area contributed by atoms with Crippen molar-refractivity contribution in [3.05, 3.63) is 81.3 Å². The summed E-state index contributed by atoms with van der Waals surface area (Å²) in [6.07, 6.45) is -0.167. The number of aliphatic imine (C=N–C) groups is 1. The molecule has 0 spiro atoms. The van der Waals surface area contributed by atoms with E-state index in [4.69, 9.17) is 37.7 Å². The molecule has 10 heteroatoms. The van der Waals surface area contributed by atoms with Gasteiger partial charge in [-0.3, -0.25) is 19.6 Å². The molecule has 0 bridgehead atoms. The van der Waals surface area contributed by atoms with Crippen LogP contribution in [0, 0.1) is 0 Å². The Bertz CT molecular complexity index is 1510. The molecule has 0 aliphatic carbocycles. The fraction of sp³-hybridized carbons (Fsp3) is 0.250. The Morgan fingerprint density at radius 3 is 2.47 bits per heavy atom. The lowest BCUT2D eigenvalue weighted by atomic mass is 9.93. The summed E-state index contributed by atoms with van der Waals surface area (Å²) < 4.78 is 11.8. The molecule has 2 atom stereocenters. The van der Waals surface area contributed by atoms with Crippen LogP contribution in [0.15, 0.2) is 59.6 Å². The van der Waals surface area contributed by atoms with Gasteiger partial charge in [0.15, 0.2) is 0 Å². The molecular weight excluding hydrogens is 527 g/mol. The SMILES string of the molecule is COc1cc(OC(C)C)c2c3c1NC(=O)CN3C(=O)N1C2=NC(c2ccccc2Cl)C1c1ccc(Cl)cc1. The number of hydrogen-bond donors (Lipinski definition) is 1. The number of amides is 3. The van der Waals surface area contributed by atoms with Gasteiger partial charge in [0.2, 0.25) is 5.91 Å². The lowest BCUT2D eigenvalue weighted by Gasteiger charge is -2.42. The van der Waals surface area contributed by atoms with Crippen LogP contribution < -0.4 is 19.7 Å². The van der Waals surface area contributed by atoms with Crippen molar-refractivity contribution in [3.8, 4) is 11.5 Å². The lowest BCUT2D eigenvalue weighted by Crippen LogP contribution is -2.55. The normalized spacial score (nSPS) is 19.7. The number of rotatable bonds is 5. The number of halogens is 2. The van der Waals surface area contributed by atoms with Gasteiger partial charge in [-0.1, -0.05) is 53.5 Å². The summed E-state index contributed by atoms with van der Waals surface area (Å²) in [4.78, 5) is 35.2. The largest absolute Gasteiger partial charge is 0.494 e. The molecule has 38 heavy (non-hydrogen) atoms. The highest BCUT2D eigenvalue weighted by Crippen LogP contribution is 2.54. The van der Waals surface area contributed by atoms with E-state index >= 15 is 0 Å². The van der Waals surface area contributed by atoms with Crippen molar-refractivity contribution in [2.24, 2.45) is 4.99 Å². The van der Waals surface area contributed by atoms with Gasteiger partial charge in [0.25, 0.3) is 0 Å². The van der Waals surface area contributed by atoms with Crippen LogP contribution >= 0.6 is 23.2 Å². The van der Waals surface area contributed by atoms with Crippen LogP contribution in [-0.2, 0) is 4.79 Å². The minimum atomic E-state index is -0.537. The zero-order chi connectivity index (χ0) is 26.7. The number of anilines is 2. The first-order valence-electron chi connectivity index (χ1n) is 12.2. The number of ether oxygens (including phenoxy) is 2. The van der Waals surface area contributed by atoms with Gasteiger partial charge < -0.3 is 14.8 Å². The average molecular weight is 551 g/mol. The monoisotopic (exact) mass is 550 g/mol. The Morgan fingerprint density at radius 1 is 1.05 bits per heavy atom. The Kier molecular flexibility index (Phi) is 5.96. The Morgan fingerprint density at radius 2 is 1.79 bits per heavy atom. The Balaban J connectivity index is 1.64. The second-order valence-corrected chi connectivity index (χ2v) is 10.4. The predicted molar refractivity (Wildman–Crippen MR) is 147 cm³/mol. The van der Waals surface area contributed by atoms with Crippen LogP contribution in [0.2, 0.25) is 10.0 Å². The van der Waals surface area contributed by atoms with Crippen molar-refractivity contribution in [3.63, 3.8) is 0 Å². The fourth-order valence-electron chi connectivity index (χ4n) is 5.31. The second kappa shape index (κ2) is 9.22. The molecule has 3 aliphatic heterocycles. The summed E-state index contributed by atoms with van der Waals surface area (Å²) in [6.45, 7) is 3.69. The average Bonchev–Trinajstić information content (AvgIpc) is 3.28. The predicted octanol–water partition coefficient (Wildman–Crippen LogP) is 6.23. The number of methoxy groups -OCH3 is 1. The zero-order valence-electron chi connectivity index (χ0n) is 20.9. The zero-order valence-corrected chi connectivity index (χ0v) is 22.4. The van der Waals surface area contributed by atoms with Gasteiger partial charge in [0.1, 0.15) is 35.6 Å². The quantitative estimate of drug-likeness (QED) is 0.408. The first-order valence-corrected chi connectivity index (χ1v) is 12.9. The van der Waals surface area contributed by atoms with E-state index in [1.54, 1.807) is 23.1 Å². The fourth-order valence-corrected chi connectivity index (χ4v) is 5.68. The number of amidine groups is 1. The van der Waals surface area contributed by atoms with E-state index in [1.165, 1.54) is 12.0 Å². The molecule has 3 aromatic carbocycles. The lowest BCUT2D eigenvalue weighted by molar-refractivity contribution is -0.115. The van der Waals surface area contributed by atoms with Crippen LogP contribution in [0.3, 0.4) is 0 Å². The number of fused-ring (bicyclic) bond motifs is 2. The van der Waals surface area contributed by atoms with E-state index in [2.05, 4.69) is 5.32 Å². The van der Waals surface area contributed by atoms with Crippen molar-refractivity contribution >= 4 is 52.4 Å². The van der Waals surface area contributed by atoms with E-state index < -0.39 is 12.1 Å². The molecule has 2 unspecified atom stereocenters. The third kappa shape index (κ3) is 3.78. The molecular formula is C28H24Cl2N4O4. The van der Waals surface area contributed by atoms with E-state index in [-0.39, 0.29) is 24.6 Å². The van der Waals surface area contributed by atoms with Crippen LogP contribution in [0.4, 0.5) is 16.2 Å². The van der Waals surface area contributed by atoms with Crippen LogP contribution in [0.5, 0.6) is 11.5 Å². The summed E-state index contributed by atoms with van der Waals surface area (Å²) in [5.41, 5.74) is 3.14. The number of nitrogens with one attached hydrogen (secondary N) is 1. The molecule has 3 aromatic rings. The van der Waals surface area contributed by atoms with Crippen molar-refractivity contribution in [1.29, 1.82) is 0 Å². The summed E-state index contributed by atoms with van der Waals surface area (Å²) >= 11 is 12.9. The van der Waals surface area contributed by atoms with Gasteiger partial charge in [-0.15, -0.1) is 0 Å². The number of hydrogen-bond acceptors (Lipinski definition) is 5. The molecule has 0 fully saturated rings. The van der Waals surface area contributed by atoms with E-state index in [9.17, 15) is 9.59 Å². The van der Waals surface area contributed by atoms with Gasteiger partial charge in [-0.2, -0.15) is 0 Å². The van der Waals surface area contributed by atoms with Crippen molar-refractivity contribution in [2.45, 2.75) is 32.0 Å². The standard InChI is InChI=1S/C28H24Cl2N4O4/c1-14(2)38-19-12-20(37-3)24-26-22(19)27-32-23(17-6-4-5-7-18(17)30)25(15-8-10-16(29)11-9-15)34(27)28(36)33(26)13-21(35)31-24/h4-12,14,23,25H,13H2,1-3H3,(H,31,35). The maximum atomic E-state index is 14.2. The summed E-state index contributed by atoms with van der Waals surface area (Å²) in [5, 5.41) is 4.00. The van der Waals surface area contributed by atoms with Crippen LogP contribution in [0.1, 0.15) is 42.6 Å². The number of carbonyl (C=O) groups is 2. The molecule has 0 aromatic heterocycles. The highest BCUT2D eigenvalue weighted by molar-refractivity contribution is 6.32. The second-order valence-electron chi connectivity index (χ2n) is 9.54. The smallest absolute Gasteiger partial charge is 0.331 e. The molecule has 6 rings (SSSR count). The number of carbonyl (C=O) groups excluding carboxylic acids is 2. The minimum absolute atomic E-state index is 0.152. The highest BCUT2D eigenvalue weighted by Gasteiger charge is 2.51. The van der Waals surface area contributed by atoms with E-state index in [0.717, 1.165) is 11.1 Å². The number of urea groups is 1. The molecule has 3 aliphatic rings. The minimum Gasteiger partial charge on any atom is -0.494 e. The molecule has 0 saturated heterocycles. The van der Waals surface area contributed by atoms with Gasteiger partial charge in [-0.25, -0.2) is 4.79 Å². The maximum absolute atomic E-state index is 14.2. The molecule has 194 valence electrons. The van der Waals surface area contributed by atoms with Crippen molar-refractivity contribution in [2.75, 3.05) is 23.9 Å². The Hall–Kier alpha value is -3.75. The van der Waals surface area contributed by atoms with Gasteiger partial charge in [0, 0.05) is 16.1 Å². The Labute approximate surface area is 229 Å². The van der Waals surface area contributed by atoms with Gasteiger partial charge in [-0.05, 0) is 43.2 Å². The van der Waals surface area contributed by atoms with Crippen molar-refractivity contribution < 1.29 is 19.1 Å². The van der Waals surface area contributed by atoms with E-state index in [0.29, 0.717) is 44.3 Å². The van der Waals surface area contributed by atoms with Crippen molar-refractivity contribution in [1.82, 2.24) is 4.90 Å². The first-order chi connectivity index (χ1) is 18.3. The summed E-state index contributed by atoms with van der Waals surface area (Å²) in [6, 6.07) is 15.1. The molecule has 8 nitrogen and oxygen atoms in total. The third-order valence-electron chi connectivity index (χ3n) is 6.81. The first kappa shape index (κ1) is 24.6. The molecule has 0 radical (unpaired) electrons. The van der Waals surface area contributed by atoms with Gasteiger partial charge in [0.05, 0.1) is 30.5 Å².